The number of likely N-dealkylation sites (N-methyl/N-ethyl adjacent to an activating group) is 1. The van der Waals surface area contributed by atoms with Gasteiger partial charge in [0.05, 0.1) is 11.6 Å². The quantitative estimate of drug-likeness (QED) is 0.870. The summed E-state index contributed by atoms with van der Waals surface area (Å²) >= 11 is 0. The van der Waals surface area contributed by atoms with Crippen molar-refractivity contribution in [1.29, 1.82) is 0 Å². The highest BCUT2D eigenvalue weighted by atomic mass is 16.5. The smallest absolute Gasteiger partial charge is 0.0868 e. The van der Waals surface area contributed by atoms with Gasteiger partial charge in [-0.1, -0.05) is 38.1 Å². The molecule has 2 rings (SSSR count). The van der Waals surface area contributed by atoms with Gasteiger partial charge in [0, 0.05) is 24.9 Å². The van der Waals surface area contributed by atoms with E-state index < -0.39 is 0 Å². The van der Waals surface area contributed by atoms with E-state index in [1.807, 2.05) is 25.5 Å². The summed E-state index contributed by atoms with van der Waals surface area (Å²) in [4.78, 5) is 4.40. The summed E-state index contributed by atoms with van der Waals surface area (Å²) in [6.45, 7) is 4.35. The highest BCUT2D eigenvalue weighted by Crippen LogP contribution is 2.37. The van der Waals surface area contributed by atoms with E-state index in [1.165, 1.54) is 16.3 Å². The summed E-state index contributed by atoms with van der Waals surface area (Å²) in [5, 5.41) is 5.85. The van der Waals surface area contributed by atoms with Crippen molar-refractivity contribution < 1.29 is 4.74 Å². The summed E-state index contributed by atoms with van der Waals surface area (Å²) in [7, 11) is 3.79. The first kappa shape index (κ1) is 14.9. The van der Waals surface area contributed by atoms with Gasteiger partial charge in [-0.25, -0.2) is 0 Å². The molecule has 0 radical (unpaired) electrons. The monoisotopic (exact) mass is 272 g/mol. The van der Waals surface area contributed by atoms with Crippen LogP contribution in [0.25, 0.3) is 10.8 Å². The second kappa shape index (κ2) is 6.33. The molecular formula is C17H24N2O. The molecule has 1 aromatic carbocycles. The number of methoxy groups -OCH3 is 1. The Morgan fingerprint density at radius 3 is 2.50 bits per heavy atom. The van der Waals surface area contributed by atoms with E-state index in [-0.39, 0.29) is 11.6 Å². The zero-order valence-electron chi connectivity index (χ0n) is 12.8. The third-order valence-electron chi connectivity index (χ3n) is 4.43. The third-order valence-corrected chi connectivity index (χ3v) is 4.43. The van der Waals surface area contributed by atoms with Gasteiger partial charge >= 0.3 is 0 Å². The van der Waals surface area contributed by atoms with Crippen molar-refractivity contribution in [2.45, 2.75) is 38.3 Å². The first-order valence-corrected chi connectivity index (χ1v) is 7.27. The SMILES string of the molecule is CCC(CC)(OC)C(NC)c1cncc2ccccc12. The number of nitrogens with zero attached hydrogens (tertiary/aromatic N) is 1. The Kier molecular flexibility index (Phi) is 4.73. The predicted octanol–water partition coefficient (Wildman–Crippen LogP) is 3.70. The van der Waals surface area contributed by atoms with Crippen molar-refractivity contribution in [1.82, 2.24) is 10.3 Å². The van der Waals surface area contributed by atoms with E-state index in [0.717, 1.165) is 12.8 Å². The fraction of sp³-hybridized carbons (Fsp3) is 0.471. The van der Waals surface area contributed by atoms with Gasteiger partial charge in [-0.05, 0) is 30.8 Å². The van der Waals surface area contributed by atoms with Crippen LogP contribution in [0.5, 0.6) is 0 Å². The Balaban J connectivity index is 2.60. The maximum absolute atomic E-state index is 5.90. The number of benzene rings is 1. The van der Waals surface area contributed by atoms with Crippen molar-refractivity contribution in [3.8, 4) is 0 Å². The van der Waals surface area contributed by atoms with E-state index in [4.69, 9.17) is 4.74 Å². The van der Waals surface area contributed by atoms with Crippen LogP contribution in [0, 0.1) is 0 Å². The number of fused-ring (bicyclic) bond motifs is 1. The second-order valence-corrected chi connectivity index (χ2v) is 5.15. The normalized spacial score (nSPS) is 13.6. The van der Waals surface area contributed by atoms with Gasteiger partial charge in [-0.15, -0.1) is 0 Å². The first-order chi connectivity index (χ1) is 9.72. The van der Waals surface area contributed by atoms with E-state index >= 15 is 0 Å². The van der Waals surface area contributed by atoms with Gasteiger partial charge in [0.2, 0.25) is 0 Å². The van der Waals surface area contributed by atoms with Gasteiger partial charge in [-0.2, -0.15) is 0 Å². The van der Waals surface area contributed by atoms with Crippen LogP contribution in [0.3, 0.4) is 0 Å². The minimum absolute atomic E-state index is 0.126. The van der Waals surface area contributed by atoms with E-state index in [0.29, 0.717) is 0 Å². The molecule has 0 aliphatic carbocycles. The predicted molar refractivity (Wildman–Crippen MR) is 83.9 cm³/mol. The number of rotatable bonds is 6. The molecule has 20 heavy (non-hydrogen) atoms. The lowest BCUT2D eigenvalue weighted by atomic mass is 9.83. The maximum Gasteiger partial charge on any atom is 0.0868 e. The Morgan fingerprint density at radius 2 is 1.90 bits per heavy atom. The van der Waals surface area contributed by atoms with Gasteiger partial charge in [0.15, 0.2) is 0 Å². The third kappa shape index (κ3) is 2.43. The Hall–Kier alpha value is -1.45. The molecule has 2 aromatic rings. The molecule has 1 N–H and O–H groups in total. The van der Waals surface area contributed by atoms with Crippen LogP contribution in [0.1, 0.15) is 38.3 Å². The van der Waals surface area contributed by atoms with Crippen LogP contribution >= 0.6 is 0 Å². The van der Waals surface area contributed by atoms with Crippen molar-refractivity contribution in [3.63, 3.8) is 0 Å². The topological polar surface area (TPSA) is 34.1 Å². The van der Waals surface area contributed by atoms with Gasteiger partial charge in [-0.3, -0.25) is 4.98 Å². The number of hydrogen-bond acceptors (Lipinski definition) is 3. The molecule has 1 atom stereocenters. The van der Waals surface area contributed by atoms with Crippen molar-refractivity contribution in [3.05, 3.63) is 42.2 Å². The zero-order chi connectivity index (χ0) is 14.6. The number of ether oxygens (including phenoxy) is 1. The molecule has 0 bridgehead atoms. The van der Waals surface area contributed by atoms with Gasteiger partial charge < -0.3 is 10.1 Å². The standard InChI is InChI=1S/C17H24N2O/c1-5-17(6-2,20-4)16(18-3)15-12-19-11-13-9-7-8-10-14(13)15/h7-12,16,18H,5-6H2,1-4H3. The van der Waals surface area contributed by atoms with Crippen LogP contribution in [0.2, 0.25) is 0 Å². The average molecular weight is 272 g/mol. The lowest BCUT2D eigenvalue weighted by molar-refractivity contribution is -0.0465. The molecule has 3 nitrogen and oxygen atoms in total. The highest BCUT2D eigenvalue weighted by Gasteiger charge is 2.36. The highest BCUT2D eigenvalue weighted by molar-refractivity contribution is 5.85. The Bertz CT molecular complexity index is 550. The molecule has 108 valence electrons. The fourth-order valence-corrected chi connectivity index (χ4v) is 3.14. The van der Waals surface area contributed by atoms with Crippen LogP contribution in [-0.2, 0) is 4.74 Å². The minimum atomic E-state index is -0.208. The molecule has 1 unspecified atom stereocenters. The van der Waals surface area contributed by atoms with Gasteiger partial charge in [0.1, 0.15) is 0 Å². The van der Waals surface area contributed by atoms with E-state index in [1.54, 1.807) is 7.11 Å². The molecule has 0 aliphatic rings. The van der Waals surface area contributed by atoms with Gasteiger partial charge in [0.25, 0.3) is 0 Å². The molecule has 0 aliphatic heterocycles. The summed E-state index contributed by atoms with van der Waals surface area (Å²) < 4.78 is 5.90. The van der Waals surface area contributed by atoms with Crippen LogP contribution in [0.4, 0.5) is 0 Å². The zero-order valence-corrected chi connectivity index (χ0v) is 12.8. The molecule has 0 fully saturated rings. The van der Waals surface area contributed by atoms with E-state index in [2.05, 4.69) is 42.3 Å². The van der Waals surface area contributed by atoms with Crippen LogP contribution < -0.4 is 5.32 Å². The maximum atomic E-state index is 5.90. The average Bonchev–Trinajstić information content (AvgIpc) is 2.52. The number of pyridine rings is 1. The lowest BCUT2D eigenvalue weighted by Crippen LogP contribution is -2.43. The molecule has 1 heterocycles. The molecule has 0 saturated carbocycles. The molecule has 0 amide bonds. The van der Waals surface area contributed by atoms with Crippen molar-refractivity contribution in [2.75, 3.05) is 14.2 Å². The number of nitrogens with one attached hydrogen (secondary N) is 1. The van der Waals surface area contributed by atoms with Crippen LogP contribution in [-0.4, -0.2) is 24.7 Å². The fourth-order valence-electron chi connectivity index (χ4n) is 3.14. The molecule has 1 aromatic heterocycles. The van der Waals surface area contributed by atoms with E-state index in [9.17, 15) is 0 Å². The largest absolute Gasteiger partial charge is 0.376 e. The number of hydrogen-bond donors (Lipinski definition) is 1. The first-order valence-electron chi connectivity index (χ1n) is 7.27. The summed E-state index contributed by atoms with van der Waals surface area (Å²) in [6, 6.07) is 8.50. The Morgan fingerprint density at radius 1 is 1.20 bits per heavy atom. The summed E-state index contributed by atoms with van der Waals surface area (Å²) in [6.07, 6.45) is 5.78. The molecular weight excluding hydrogens is 248 g/mol. The molecule has 0 saturated heterocycles. The van der Waals surface area contributed by atoms with Crippen LogP contribution in [0.15, 0.2) is 36.7 Å². The molecule has 3 heteroatoms. The summed E-state index contributed by atoms with van der Waals surface area (Å²) in [5.41, 5.74) is 0.997. The lowest BCUT2D eigenvalue weighted by Gasteiger charge is -2.39. The van der Waals surface area contributed by atoms with Crippen molar-refractivity contribution in [2.24, 2.45) is 0 Å². The molecule has 0 spiro atoms. The minimum Gasteiger partial charge on any atom is -0.376 e. The Labute approximate surface area is 121 Å². The van der Waals surface area contributed by atoms with Crippen molar-refractivity contribution >= 4 is 10.8 Å². The summed E-state index contributed by atoms with van der Waals surface area (Å²) in [5.74, 6) is 0. The second-order valence-electron chi connectivity index (χ2n) is 5.15. The number of aromatic nitrogens is 1.